The van der Waals surface area contributed by atoms with Crippen LogP contribution in [0.5, 0.6) is 0 Å². The minimum Gasteiger partial charge on any atom is -0.409 e. The van der Waals surface area contributed by atoms with Gasteiger partial charge in [0.1, 0.15) is 5.92 Å². The first-order valence-corrected chi connectivity index (χ1v) is 5.74. The van der Waals surface area contributed by atoms with Crippen LogP contribution in [0.25, 0.3) is 0 Å². The quantitative estimate of drug-likeness (QED) is 0.345. The number of anilines is 1. The minimum atomic E-state index is -4.63. The number of hydrogen-bond donors (Lipinski definition) is 3. The molecular weight excluding hydrogens is 306 g/mol. The van der Waals surface area contributed by atoms with Crippen molar-refractivity contribution in [2.75, 3.05) is 11.9 Å². The summed E-state index contributed by atoms with van der Waals surface area (Å²) < 4.78 is 37.9. The molecule has 9 heteroatoms. The van der Waals surface area contributed by atoms with Crippen molar-refractivity contribution >= 4 is 34.7 Å². The summed E-state index contributed by atoms with van der Waals surface area (Å²) in [6.07, 6.45) is -4.63. The molecule has 0 aliphatic rings. The maximum atomic E-state index is 12.6. The van der Waals surface area contributed by atoms with Gasteiger partial charge < -0.3 is 16.3 Å². The Kier molecular flexibility index (Phi) is 5.13. The van der Waals surface area contributed by atoms with E-state index in [0.29, 0.717) is 5.69 Å². The molecule has 0 amide bonds. The smallest absolute Gasteiger partial charge is 0.400 e. The fourth-order valence-corrected chi connectivity index (χ4v) is 1.58. The molecule has 0 saturated heterocycles. The first-order chi connectivity index (χ1) is 8.75. The van der Waals surface area contributed by atoms with Crippen LogP contribution in [-0.4, -0.2) is 23.8 Å². The summed E-state index contributed by atoms with van der Waals surface area (Å²) >= 11 is 11.4. The van der Waals surface area contributed by atoms with Gasteiger partial charge in [-0.05, 0) is 18.2 Å². The predicted octanol–water partition coefficient (Wildman–Crippen LogP) is 3.33. The van der Waals surface area contributed by atoms with E-state index in [1.54, 1.807) is 0 Å². The Morgan fingerprint density at radius 1 is 1.37 bits per heavy atom. The molecule has 4 N–H and O–H groups in total. The van der Waals surface area contributed by atoms with Crippen LogP contribution in [0.15, 0.2) is 23.4 Å². The molecule has 1 rings (SSSR count). The van der Waals surface area contributed by atoms with Crippen LogP contribution < -0.4 is 11.1 Å². The number of oxime groups is 1. The topological polar surface area (TPSA) is 70.6 Å². The Morgan fingerprint density at radius 2 is 2.00 bits per heavy atom. The van der Waals surface area contributed by atoms with Crippen molar-refractivity contribution in [1.29, 1.82) is 0 Å². The number of amidine groups is 1. The van der Waals surface area contributed by atoms with E-state index in [2.05, 4.69) is 10.5 Å². The SMILES string of the molecule is N/C(=N/O)C(CNc1ccc(Cl)c(Cl)c1)C(F)(F)F. The average Bonchev–Trinajstić information content (AvgIpc) is 2.31. The van der Waals surface area contributed by atoms with Crippen molar-refractivity contribution < 1.29 is 18.4 Å². The molecule has 1 aromatic rings. The molecule has 0 aromatic heterocycles. The lowest BCUT2D eigenvalue weighted by Gasteiger charge is -2.20. The highest BCUT2D eigenvalue weighted by Gasteiger charge is 2.42. The number of benzene rings is 1. The zero-order valence-corrected chi connectivity index (χ0v) is 10.9. The van der Waals surface area contributed by atoms with Crippen molar-refractivity contribution in [3.63, 3.8) is 0 Å². The Morgan fingerprint density at radius 3 is 2.47 bits per heavy atom. The summed E-state index contributed by atoms with van der Waals surface area (Å²) in [5.74, 6) is -3.02. The van der Waals surface area contributed by atoms with E-state index in [1.165, 1.54) is 18.2 Å². The minimum absolute atomic E-state index is 0.207. The zero-order valence-electron chi connectivity index (χ0n) is 9.38. The van der Waals surface area contributed by atoms with Crippen LogP contribution in [0.2, 0.25) is 10.0 Å². The van der Waals surface area contributed by atoms with E-state index in [0.717, 1.165) is 0 Å². The van der Waals surface area contributed by atoms with Crippen LogP contribution >= 0.6 is 23.2 Å². The number of hydrogen-bond acceptors (Lipinski definition) is 3. The van der Waals surface area contributed by atoms with Gasteiger partial charge in [0, 0.05) is 12.2 Å². The zero-order chi connectivity index (χ0) is 14.6. The first-order valence-electron chi connectivity index (χ1n) is 4.98. The third-order valence-corrected chi connectivity index (χ3v) is 3.04. The lowest BCUT2D eigenvalue weighted by atomic mass is 10.1. The molecule has 1 aromatic carbocycles. The lowest BCUT2D eigenvalue weighted by molar-refractivity contribution is -0.152. The van der Waals surface area contributed by atoms with Gasteiger partial charge in [0.05, 0.1) is 10.0 Å². The number of nitrogens with zero attached hydrogens (tertiary/aromatic N) is 1. The monoisotopic (exact) mass is 315 g/mol. The largest absolute Gasteiger partial charge is 0.409 e. The van der Waals surface area contributed by atoms with E-state index in [1.807, 2.05) is 0 Å². The highest BCUT2D eigenvalue weighted by atomic mass is 35.5. The van der Waals surface area contributed by atoms with Gasteiger partial charge in [-0.3, -0.25) is 0 Å². The van der Waals surface area contributed by atoms with Crippen LogP contribution in [0.4, 0.5) is 18.9 Å². The standard InChI is InChI=1S/C10H10Cl2F3N3O/c11-7-2-1-5(3-8(7)12)17-4-6(9(16)18-19)10(13,14)15/h1-3,6,17,19H,4H2,(H2,16,18). The predicted molar refractivity (Wildman–Crippen MR) is 67.9 cm³/mol. The van der Waals surface area contributed by atoms with Crippen molar-refractivity contribution in [1.82, 2.24) is 0 Å². The molecule has 0 heterocycles. The molecule has 4 nitrogen and oxygen atoms in total. The Hall–Kier alpha value is -1.34. The molecule has 106 valence electrons. The van der Waals surface area contributed by atoms with Gasteiger partial charge in [0.15, 0.2) is 5.84 Å². The van der Waals surface area contributed by atoms with E-state index >= 15 is 0 Å². The Bertz CT molecular complexity index is 480. The van der Waals surface area contributed by atoms with Crippen LogP contribution in [0, 0.1) is 5.92 Å². The first kappa shape index (κ1) is 15.7. The van der Waals surface area contributed by atoms with Crippen molar-refractivity contribution in [2.45, 2.75) is 6.18 Å². The number of nitrogens with one attached hydrogen (secondary N) is 1. The van der Waals surface area contributed by atoms with Crippen LogP contribution in [0.3, 0.4) is 0 Å². The number of nitrogens with two attached hydrogens (primary N) is 1. The van der Waals surface area contributed by atoms with Crippen LogP contribution in [-0.2, 0) is 0 Å². The lowest BCUT2D eigenvalue weighted by Crippen LogP contribution is -2.40. The fraction of sp³-hybridized carbons (Fsp3) is 0.300. The normalized spacial score (nSPS) is 14.3. The molecule has 0 aliphatic carbocycles. The Balaban J connectivity index is 2.79. The summed E-state index contributed by atoms with van der Waals surface area (Å²) in [5.41, 5.74) is 5.36. The van der Waals surface area contributed by atoms with Gasteiger partial charge in [-0.15, -0.1) is 0 Å². The third-order valence-electron chi connectivity index (χ3n) is 2.30. The molecule has 0 fully saturated rings. The van der Waals surface area contributed by atoms with Gasteiger partial charge in [-0.25, -0.2) is 0 Å². The van der Waals surface area contributed by atoms with E-state index in [4.69, 9.17) is 34.1 Å². The Labute approximate surface area is 117 Å². The average molecular weight is 316 g/mol. The number of halogens is 5. The molecule has 0 spiro atoms. The maximum absolute atomic E-state index is 12.6. The summed E-state index contributed by atoms with van der Waals surface area (Å²) in [5, 5.41) is 13.7. The highest BCUT2D eigenvalue weighted by Crippen LogP contribution is 2.28. The van der Waals surface area contributed by atoms with E-state index in [-0.39, 0.29) is 10.0 Å². The van der Waals surface area contributed by atoms with Gasteiger partial charge in [0.2, 0.25) is 0 Å². The van der Waals surface area contributed by atoms with Crippen LogP contribution in [0.1, 0.15) is 0 Å². The second kappa shape index (κ2) is 6.21. The molecule has 1 unspecified atom stereocenters. The summed E-state index contributed by atoms with van der Waals surface area (Å²) in [6, 6.07) is 4.29. The fourth-order valence-electron chi connectivity index (χ4n) is 1.28. The number of rotatable bonds is 4. The summed E-state index contributed by atoms with van der Waals surface area (Å²) in [6.45, 7) is -0.586. The molecule has 0 saturated carbocycles. The second-order valence-electron chi connectivity index (χ2n) is 3.63. The molecule has 0 aliphatic heterocycles. The summed E-state index contributed by atoms with van der Waals surface area (Å²) in [4.78, 5) is 0. The van der Waals surface area contributed by atoms with E-state index < -0.39 is 24.5 Å². The van der Waals surface area contributed by atoms with Gasteiger partial charge in [-0.2, -0.15) is 13.2 Å². The molecule has 19 heavy (non-hydrogen) atoms. The summed E-state index contributed by atoms with van der Waals surface area (Å²) in [7, 11) is 0. The van der Waals surface area contributed by atoms with Gasteiger partial charge in [-0.1, -0.05) is 28.4 Å². The van der Waals surface area contributed by atoms with Gasteiger partial charge >= 0.3 is 6.18 Å². The maximum Gasteiger partial charge on any atom is 0.400 e. The van der Waals surface area contributed by atoms with Crippen molar-refractivity contribution in [3.8, 4) is 0 Å². The highest BCUT2D eigenvalue weighted by molar-refractivity contribution is 6.42. The van der Waals surface area contributed by atoms with Gasteiger partial charge in [0.25, 0.3) is 0 Å². The third kappa shape index (κ3) is 4.36. The molecule has 1 atom stereocenters. The second-order valence-corrected chi connectivity index (χ2v) is 4.44. The van der Waals surface area contributed by atoms with Crippen molar-refractivity contribution in [3.05, 3.63) is 28.2 Å². The molecule has 0 radical (unpaired) electrons. The van der Waals surface area contributed by atoms with Crippen molar-refractivity contribution in [2.24, 2.45) is 16.8 Å². The van der Waals surface area contributed by atoms with E-state index in [9.17, 15) is 13.2 Å². The number of alkyl halides is 3. The molecular formula is C10H10Cl2F3N3O. The molecule has 0 bridgehead atoms.